The lowest BCUT2D eigenvalue weighted by atomic mass is 10.1. The van der Waals surface area contributed by atoms with Crippen LogP contribution in [0, 0.1) is 0 Å². The van der Waals surface area contributed by atoms with E-state index in [-0.39, 0.29) is 6.03 Å². The largest absolute Gasteiger partial charge is 0.495 e. The van der Waals surface area contributed by atoms with Gasteiger partial charge in [-0.2, -0.15) is 0 Å². The molecule has 0 radical (unpaired) electrons. The maximum Gasteiger partial charge on any atom is 0.321 e. The summed E-state index contributed by atoms with van der Waals surface area (Å²) in [5, 5.41) is 2.88. The number of hydrogen-bond donors (Lipinski definition) is 1. The summed E-state index contributed by atoms with van der Waals surface area (Å²) in [7, 11) is 3.76. The Morgan fingerprint density at radius 3 is 2.68 bits per heavy atom. The zero-order valence-electron chi connectivity index (χ0n) is 11.4. The first-order valence-electron chi connectivity index (χ1n) is 6.62. The van der Waals surface area contributed by atoms with Gasteiger partial charge in [-0.05, 0) is 36.7 Å². The quantitative estimate of drug-likeness (QED) is 0.878. The molecule has 2 aliphatic rings. The highest BCUT2D eigenvalue weighted by Gasteiger charge is 2.25. The first-order valence-corrected chi connectivity index (χ1v) is 6.62. The van der Waals surface area contributed by atoms with Crippen LogP contribution in [0.1, 0.15) is 17.5 Å². The van der Waals surface area contributed by atoms with E-state index in [0.717, 1.165) is 44.0 Å². The van der Waals surface area contributed by atoms with Gasteiger partial charge in [0.15, 0.2) is 0 Å². The lowest BCUT2D eigenvalue weighted by Gasteiger charge is -2.29. The second kappa shape index (κ2) is 4.74. The Balaban J connectivity index is 2.00. The minimum atomic E-state index is -0.0316. The van der Waals surface area contributed by atoms with E-state index in [4.69, 9.17) is 4.74 Å². The molecule has 0 spiro atoms. The molecule has 2 heterocycles. The van der Waals surface area contributed by atoms with Crippen molar-refractivity contribution in [1.29, 1.82) is 0 Å². The summed E-state index contributed by atoms with van der Waals surface area (Å²) in [6.07, 6.45) is 0.964. The number of carbonyl (C=O) groups excluding carboxylic acids is 1. The van der Waals surface area contributed by atoms with E-state index in [1.165, 1.54) is 11.1 Å². The Kier molecular flexibility index (Phi) is 3.06. The van der Waals surface area contributed by atoms with E-state index in [2.05, 4.69) is 29.4 Å². The SMILES string of the molecule is COc1cc2c(cc1N1CCCNC1=O)CN(C)C2. The van der Waals surface area contributed by atoms with Crippen molar-refractivity contribution in [2.75, 3.05) is 32.1 Å². The van der Waals surface area contributed by atoms with Crippen molar-refractivity contribution in [1.82, 2.24) is 10.2 Å². The van der Waals surface area contributed by atoms with Gasteiger partial charge in [0.2, 0.25) is 0 Å². The first-order chi connectivity index (χ1) is 9.19. The number of carbonyl (C=O) groups is 1. The number of ether oxygens (including phenoxy) is 1. The molecule has 0 unspecified atom stereocenters. The summed E-state index contributed by atoms with van der Waals surface area (Å²) in [4.78, 5) is 16.0. The highest BCUT2D eigenvalue weighted by molar-refractivity contribution is 5.94. The maximum atomic E-state index is 12.0. The van der Waals surface area contributed by atoms with Crippen LogP contribution in [0.5, 0.6) is 5.75 Å². The average Bonchev–Trinajstić information content (AvgIpc) is 2.77. The van der Waals surface area contributed by atoms with Crippen LogP contribution in [0.25, 0.3) is 0 Å². The van der Waals surface area contributed by atoms with Gasteiger partial charge in [-0.15, -0.1) is 0 Å². The van der Waals surface area contributed by atoms with Gasteiger partial charge in [-0.3, -0.25) is 9.80 Å². The van der Waals surface area contributed by atoms with Crippen molar-refractivity contribution < 1.29 is 9.53 Å². The van der Waals surface area contributed by atoms with Crippen LogP contribution in [0.2, 0.25) is 0 Å². The van der Waals surface area contributed by atoms with E-state index in [1.54, 1.807) is 12.0 Å². The zero-order chi connectivity index (χ0) is 13.4. The van der Waals surface area contributed by atoms with Gasteiger partial charge in [-0.25, -0.2) is 4.79 Å². The lowest BCUT2D eigenvalue weighted by molar-refractivity contribution is 0.242. The van der Waals surface area contributed by atoms with E-state index in [0.29, 0.717) is 0 Å². The average molecular weight is 261 g/mol. The Labute approximate surface area is 113 Å². The third-order valence-corrected chi connectivity index (χ3v) is 3.75. The molecule has 2 aliphatic heterocycles. The monoisotopic (exact) mass is 261 g/mol. The standard InChI is InChI=1S/C14H19N3O2/c1-16-8-10-6-12(13(19-2)7-11(10)9-16)17-5-3-4-15-14(17)18/h6-7H,3-5,8-9H2,1-2H3,(H,15,18). The van der Waals surface area contributed by atoms with Crippen LogP contribution in [-0.4, -0.2) is 38.2 Å². The van der Waals surface area contributed by atoms with Gasteiger partial charge in [0.05, 0.1) is 12.8 Å². The fourth-order valence-corrected chi connectivity index (χ4v) is 2.82. The van der Waals surface area contributed by atoms with Crippen LogP contribution in [0.3, 0.4) is 0 Å². The van der Waals surface area contributed by atoms with Crippen LogP contribution < -0.4 is 15.0 Å². The number of nitrogens with zero attached hydrogens (tertiary/aromatic N) is 2. The van der Waals surface area contributed by atoms with E-state index in [9.17, 15) is 4.79 Å². The fraction of sp³-hybridized carbons (Fsp3) is 0.500. The molecule has 0 saturated carbocycles. The summed E-state index contributed by atoms with van der Waals surface area (Å²) in [5.74, 6) is 0.783. The normalized spacial score (nSPS) is 19.3. The number of anilines is 1. The predicted molar refractivity (Wildman–Crippen MR) is 73.5 cm³/mol. The van der Waals surface area contributed by atoms with E-state index >= 15 is 0 Å². The predicted octanol–water partition coefficient (Wildman–Crippen LogP) is 1.56. The molecule has 2 amide bonds. The zero-order valence-corrected chi connectivity index (χ0v) is 11.4. The third kappa shape index (κ3) is 2.14. The van der Waals surface area contributed by atoms with Gasteiger partial charge < -0.3 is 10.1 Å². The van der Waals surface area contributed by atoms with Gasteiger partial charge in [0.25, 0.3) is 0 Å². The van der Waals surface area contributed by atoms with Crippen LogP contribution in [0.4, 0.5) is 10.5 Å². The first kappa shape index (κ1) is 12.3. The fourth-order valence-electron chi connectivity index (χ4n) is 2.82. The summed E-state index contributed by atoms with van der Waals surface area (Å²) in [6.45, 7) is 3.38. The number of rotatable bonds is 2. The maximum absolute atomic E-state index is 12.0. The molecular formula is C14H19N3O2. The summed E-state index contributed by atoms with van der Waals surface area (Å²) in [5.41, 5.74) is 3.46. The molecular weight excluding hydrogens is 242 g/mol. The van der Waals surface area contributed by atoms with E-state index < -0.39 is 0 Å². The summed E-state index contributed by atoms with van der Waals surface area (Å²) >= 11 is 0. The highest BCUT2D eigenvalue weighted by atomic mass is 16.5. The van der Waals surface area contributed by atoms with Crippen molar-refractivity contribution in [3.8, 4) is 5.75 Å². The molecule has 1 aromatic carbocycles. The summed E-state index contributed by atoms with van der Waals surface area (Å²) < 4.78 is 5.47. The molecule has 102 valence electrons. The molecule has 0 bridgehead atoms. The van der Waals surface area contributed by atoms with Crippen molar-refractivity contribution >= 4 is 11.7 Å². The van der Waals surface area contributed by atoms with Crippen LogP contribution in [-0.2, 0) is 13.1 Å². The second-order valence-corrected chi connectivity index (χ2v) is 5.20. The van der Waals surface area contributed by atoms with Crippen molar-refractivity contribution in [3.63, 3.8) is 0 Å². The van der Waals surface area contributed by atoms with Crippen molar-refractivity contribution in [2.24, 2.45) is 0 Å². The van der Waals surface area contributed by atoms with E-state index in [1.807, 2.05) is 0 Å². The molecule has 0 atom stereocenters. The molecule has 1 N–H and O–H groups in total. The van der Waals surface area contributed by atoms with Crippen molar-refractivity contribution in [3.05, 3.63) is 23.3 Å². The number of nitrogens with one attached hydrogen (secondary N) is 1. The Bertz CT molecular complexity index is 516. The van der Waals surface area contributed by atoms with Gasteiger partial charge >= 0.3 is 6.03 Å². The molecule has 0 aliphatic carbocycles. The molecule has 1 saturated heterocycles. The number of urea groups is 1. The second-order valence-electron chi connectivity index (χ2n) is 5.20. The van der Waals surface area contributed by atoms with Crippen molar-refractivity contribution in [2.45, 2.75) is 19.5 Å². The number of amides is 2. The smallest absolute Gasteiger partial charge is 0.321 e. The number of benzene rings is 1. The molecule has 19 heavy (non-hydrogen) atoms. The molecule has 1 aromatic rings. The number of methoxy groups -OCH3 is 1. The lowest BCUT2D eigenvalue weighted by Crippen LogP contribution is -2.46. The van der Waals surface area contributed by atoms with Crippen LogP contribution >= 0.6 is 0 Å². The van der Waals surface area contributed by atoms with Gasteiger partial charge in [0, 0.05) is 26.2 Å². The molecule has 5 nitrogen and oxygen atoms in total. The Hall–Kier alpha value is -1.75. The van der Waals surface area contributed by atoms with Crippen LogP contribution in [0.15, 0.2) is 12.1 Å². The molecule has 3 rings (SSSR count). The molecule has 1 fully saturated rings. The Morgan fingerprint density at radius 2 is 2.00 bits per heavy atom. The van der Waals surface area contributed by atoms with Gasteiger partial charge in [0.1, 0.15) is 5.75 Å². The minimum absolute atomic E-state index is 0.0316. The van der Waals surface area contributed by atoms with Gasteiger partial charge in [-0.1, -0.05) is 0 Å². The Morgan fingerprint density at radius 1 is 1.26 bits per heavy atom. The topological polar surface area (TPSA) is 44.8 Å². The number of hydrogen-bond acceptors (Lipinski definition) is 3. The molecule has 0 aromatic heterocycles. The highest BCUT2D eigenvalue weighted by Crippen LogP contribution is 2.35. The minimum Gasteiger partial charge on any atom is -0.495 e. The third-order valence-electron chi connectivity index (χ3n) is 3.75. The summed E-state index contributed by atoms with van der Waals surface area (Å²) in [6, 6.07) is 4.13. The molecule has 5 heteroatoms. The number of fused-ring (bicyclic) bond motifs is 1.